The highest BCUT2D eigenvalue weighted by Gasteiger charge is 2.48. The van der Waals surface area contributed by atoms with Crippen LogP contribution in [-0.2, 0) is 5.41 Å². The van der Waals surface area contributed by atoms with Crippen molar-refractivity contribution in [1.82, 2.24) is 4.98 Å². The van der Waals surface area contributed by atoms with Crippen LogP contribution in [0.2, 0.25) is 5.02 Å². The highest BCUT2D eigenvalue weighted by Crippen LogP contribution is 2.58. The van der Waals surface area contributed by atoms with Crippen molar-refractivity contribution in [3.05, 3.63) is 137 Å². The van der Waals surface area contributed by atoms with E-state index in [-0.39, 0.29) is 0 Å². The number of aromatic nitrogens is 1. The lowest BCUT2D eigenvalue weighted by atomic mass is 9.69. The smallest absolute Gasteiger partial charge is 0.0886 e. The summed E-state index contributed by atoms with van der Waals surface area (Å²) in [6.07, 6.45) is 1.88. The molecule has 142 valence electrons. The van der Waals surface area contributed by atoms with Gasteiger partial charge >= 0.3 is 0 Å². The highest BCUT2D eigenvalue weighted by atomic mass is 35.5. The van der Waals surface area contributed by atoms with Gasteiger partial charge in [0.25, 0.3) is 0 Å². The topological polar surface area (TPSA) is 12.9 Å². The molecule has 0 saturated heterocycles. The zero-order chi connectivity index (χ0) is 20.1. The second-order valence-corrected chi connectivity index (χ2v) is 8.09. The number of benzene rings is 4. The van der Waals surface area contributed by atoms with E-state index in [0.29, 0.717) is 0 Å². The Balaban J connectivity index is 1.86. The van der Waals surface area contributed by atoms with Gasteiger partial charge in [0.05, 0.1) is 16.1 Å². The fourth-order valence-corrected chi connectivity index (χ4v) is 5.42. The number of rotatable bonds is 2. The predicted octanol–water partition coefficient (Wildman–Crippen LogP) is 7.25. The average Bonchev–Trinajstić information content (AvgIpc) is 3.11. The van der Waals surface area contributed by atoms with E-state index in [1.165, 1.54) is 22.3 Å². The molecule has 6 rings (SSSR count). The van der Waals surface area contributed by atoms with Crippen molar-refractivity contribution in [3.63, 3.8) is 0 Å². The molecule has 0 radical (unpaired) electrons. The Labute approximate surface area is 180 Å². The first-order valence-electron chi connectivity index (χ1n) is 10.1. The van der Waals surface area contributed by atoms with Crippen molar-refractivity contribution in [2.45, 2.75) is 5.41 Å². The Morgan fingerprint density at radius 2 is 1.40 bits per heavy atom. The van der Waals surface area contributed by atoms with Gasteiger partial charge in [-0.25, -0.2) is 0 Å². The zero-order valence-corrected chi connectivity index (χ0v) is 17.0. The van der Waals surface area contributed by atoms with Gasteiger partial charge < -0.3 is 0 Å². The first-order valence-corrected chi connectivity index (χ1v) is 10.5. The summed E-state index contributed by atoms with van der Waals surface area (Å²) >= 11 is 7.10. The molecule has 0 spiro atoms. The minimum Gasteiger partial charge on any atom is -0.260 e. The van der Waals surface area contributed by atoms with Crippen molar-refractivity contribution in [2.75, 3.05) is 0 Å². The molecule has 0 fully saturated rings. The van der Waals surface area contributed by atoms with Gasteiger partial charge in [0, 0.05) is 17.1 Å². The summed E-state index contributed by atoms with van der Waals surface area (Å²) in [5.74, 6) is 0. The fraction of sp³-hybridized carbons (Fsp3) is 0.0357. The molecule has 1 atom stereocenters. The normalized spacial score (nSPS) is 17.0. The summed E-state index contributed by atoms with van der Waals surface area (Å²) in [7, 11) is 0. The molecule has 1 unspecified atom stereocenters. The maximum absolute atomic E-state index is 7.10. The molecular formula is C28H18ClN. The van der Waals surface area contributed by atoms with Gasteiger partial charge in [-0.3, -0.25) is 4.98 Å². The fourth-order valence-electron chi connectivity index (χ4n) is 5.04. The van der Waals surface area contributed by atoms with Crippen molar-refractivity contribution in [2.24, 2.45) is 0 Å². The summed E-state index contributed by atoms with van der Waals surface area (Å²) in [6, 6.07) is 36.1. The molecule has 1 aliphatic carbocycles. The standard InChI is InChI=1S/C28H18ClN/c29-27-21-13-5-4-10-19(21)18-24-26(27)22-14-6-7-15-23(22)28(24,20-11-2-1-3-12-20)25-16-8-9-17-30-25/h1-18H. The molecule has 1 heterocycles. The van der Waals surface area contributed by atoms with Gasteiger partial charge in [-0.05, 0) is 45.8 Å². The Morgan fingerprint density at radius 3 is 2.23 bits per heavy atom. The summed E-state index contributed by atoms with van der Waals surface area (Å²) in [5.41, 5.74) is 6.40. The van der Waals surface area contributed by atoms with E-state index >= 15 is 0 Å². The average molecular weight is 404 g/mol. The molecule has 1 nitrogen and oxygen atoms in total. The lowest BCUT2D eigenvalue weighted by Crippen LogP contribution is -2.29. The van der Waals surface area contributed by atoms with Crippen molar-refractivity contribution in [3.8, 4) is 11.1 Å². The number of hydrogen-bond acceptors (Lipinski definition) is 1. The van der Waals surface area contributed by atoms with E-state index in [2.05, 4.69) is 91.0 Å². The van der Waals surface area contributed by atoms with E-state index < -0.39 is 5.41 Å². The molecule has 0 saturated carbocycles. The van der Waals surface area contributed by atoms with Crippen LogP contribution in [0.3, 0.4) is 0 Å². The van der Waals surface area contributed by atoms with Gasteiger partial charge in [0.2, 0.25) is 0 Å². The first kappa shape index (κ1) is 17.4. The van der Waals surface area contributed by atoms with Crippen molar-refractivity contribution < 1.29 is 0 Å². The first-order chi connectivity index (χ1) is 14.8. The van der Waals surface area contributed by atoms with Crippen molar-refractivity contribution in [1.29, 1.82) is 0 Å². The largest absolute Gasteiger partial charge is 0.260 e. The molecule has 5 aromatic rings. The van der Waals surface area contributed by atoms with Gasteiger partial charge in [0.15, 0.2) is 0 Å². The van der Waals surface area contributed by atoms with Gasteiger partial charge in [-0.1, -0.05) is 96.5 Å². The Bertz CT molecular complexity index is 1350. The third kappa shape index (κ3) is 2.21. The number of nitrogens with zero attached hydrogens (tertiary/aromatic N) is 1. The molecule has 0 aliphatic heterocycles. The van der Waals surface area contributed by atoms with E-state index in [0.717, 1.165) is 27.1 Å². The lowest BCUT2D eigenvalue weighted by molar-refractivity contribution is 0.735. The Morgan fingerprint density at radius 1 is 0.667 bits per heavy atom. The zero-order valence-electron chi connectivity index (χ0n) is 16.2. The maximum atomic E-state index is 7.10. The molecule has 1 aliphatic rings. The van der Waals surface area contributed by atoms with E-state index in [1.54, 1.807) is 0 Å². The van der Waals surface area contributed by atoms with Gasteiger partial charge in [0.1, 0.15) is 0 Å². The van der Waals surface area contributed by atoms with Crippen LogP contribution in [0, 0.1) is 0 Å². The third-order valence-corrected chi connectivity index (χ3v) is 6.64. The summed E-state index contributed by atoms with van der Waals surface area (Å²) in [4.78, 5) is 4.87. The number of fused-ring (bicyclic) bond motifs is 4. The van der Waals surface area contributed by atoms with Crippen LogP contribution in [0.4, 0.5) is 0 Å². The summed E-state index contributed by atoms with van der Waals surface area (Å²) in [5, 5.41) is 3.03. The predicted molar refractivity (Wildman–Crippen MR) is 124 cm³/mol. The van der Waals surface area contributed by atoms with Crippen LogP contribution < -0.4 is 0 Å². The highest BCUT2D eigenvalue weighted by molar-refractivity contribution is 6.39. The minimum atomic E-state index is -0.512. The second-order valence-electron chi connectivity index (χ2n) is 7.71. The van der Waals surface area contributed by atoms with Crippen LogP contribution in [0.5, 0.6) is 0 Å². The molecule has 0 amide bonds. The van der Waals surface area contributed by atoms with E-state index in [9.17, 15) is 0 Å². The Hall–Kier alpha value is -3.42. The number of hydrogen-bond donors (Lipinski definition) is 0. The molecule has 30 heavy (non-hydrogen) atoms. The molecule has 1 aromatic heterocycles. The van der Waals surface area contributed by atoms with Crippen LogP contribution in [0.25, 0.3) is 21.9 Å². The van der Waals surface area contributed by atoms with Crippen LogP contribution in [0.15, 0.2) is 109 Å². The van der Waals surface area contributed by atoms with Crippen LogP contribution >= 0.6 is 11.6 Å². The minimum absolute atomic E-state index is 0.512. The molecule has 0 N–H and O–H groups in total. The molecule has 4 aromatic carbocycles. The van der Waals surface area contributed by atoms with Gasteiger partial charge in [-0.15, -0.1) is 0 Å². The SMILES string of the molecule is Clc1c2c(cc3ccccc13)C(c1ccccc1)(c1ccccn1)c1ccccc1-2. The molecule has 2 heteroatoms. The third-order valence-electron chi connectivity index (χ3n) is 6.25. The lowest BCUT2D eigenvalue weighted by Gasteiger charge is -2.32. The number of halogens is 1. The number of pyridine rings is 1. The van der Waals surface area contributed by atoms with Crippen LogP contribution in [0.1, 0.15) is 22.4 Å². The Kier molecular flexibility index (Phi) is 3.81. The van der Waals surface area contributed by atoms with Gasteiger partial charge in [-0.2, -0.15) is 0 Å². The molecule has 0 bridgehead atoms. The summed E-state index contributed by atoms with van der Waals surface area (Å²) in [6.45, 7) is 0. The van der Waals surface area contributed by atoms with Crippen molar-refractivity contribution >= 4 is 22.4 Å². The van der Waals surface area contributed by atoms with E-state index in [4.69, 9.17) is 16.6 Å². The summed E-state index contributed by atoms with van der Waals surface area (Å²) < 4.78 is 0. The van der Waals surface area contributed by atoms with Crippen LogP contribution in [-0.4, -0.2) is 4.98 Å². The van der Waals surface area contributed by atoms with E-state index in [1.807, 2.05) is 18.3 Å². The quantitative estimate of drug-likeness (QED) is 0.296. The monoisotopic (exact) mass is 403 g/mol. The molecular weight excluding hydrogens is 386 g/mol. The second kappa shape index (κ2) is 6.55. The maximum Gasteiger partial charge on any atom is 0.0886 e.